The molecule has 1 saturated heterocycles. The molecule has 3 rings (SSSR count). The third-order valence-electron chi connectivity index (χ3n) is 3.50. The molecular weight excluding hydrogens is 434 g/mol. The molecule has 0 saturated carbocycles. The van der Waals surface area contributed by atoms with E-state index in [0.29, 0.717) is 33.9 Å². The first-order chi connectivity index (χ1) is 12.6. The average molecular weight is 450 g/mol. The summed E-state index contributed by atoms with van der Waals surface area (Å²) in [5, 5.41) is 2.61. The fraction of sp³-hybridized carbons (Fsp3) is 0.158. The van der Waals surface area contributed by atoms with Crippen LogP contribution in [0.25, 0.3) is 6.08 Å². The summed E-state index contributed by atoms with van der Waals surface area (Å²) in [5.74, 6) is 1.08. The molecule has 2 aromatic carbocycles. The van der Waals surface area contributed by atoms with Gasteiger partial charge in [-0.3, -0.25) is 4.79 Å². The largest absolute Gasteiger partial charge is 0.490 e. The molecule has 26 heavy (non-hydrogen) atoms. The van der Waals surface area contributed by atoms with E-state index in [2.05, 4.69) is 21.2 Å². The molecule has 7 heteroatoms. The number of benzene rings is 2. The Hall–Kier alpha value is -1.83. The van der Waals surface area contributed by atoms with E-state index in [1.54, 1.807) is 6.08 Å². The molecule has 0 aliphatic carbocycles. The Balaban J connectivity index is 1.87. The zero-order chi connectivity index (χ0) is 18.5. The van der Waals surface area contributed by atoms with Crippen LogP contribution in [-0.4, -0.2) is 16.8 Å². The highest BCUT2D eigenvalue weighted by molar-refractivity contribution is 9.10. The van der Waals surface area contributed by atoms with Gasteiger partial charge in [0.1, 0.15) is 10.9 Å². The van der Waals surface area contributed by atoms with Gasteiger partial charge in [-0.15, -0.1) is 0 Å². The minimum Gasteiger partial charge on any atom is -0.490 e. The van der Waals surface area contributed by atoms with Crippen LogP contribution >= 0.6 is 39.9 Å². The van der Waals surface area contributed by atoms with Gasteiger partial charge in [0.25, 0.3) is 5.91 Å². The van der Waals surface area contributed by atoms with Crippen molar-refractivity contribution in [3.8, 4) is 11.5 Å². The van der Waals surface area contributed by atoms with E-state index in [-0.39, 0.29) is 5.91 Å². The van der Waals surface area contributed by atoms with Crippen LogP contribution in [0.5, 0.6) is 11.5 Å². The Morgan fingerprint density at radius 1 is 1.23 bits per heavy atom. The Bertz CT molecular complexity index is 869. The number of amides is 1. The molecule has 0 bridgehead atoms. The smallest absolute Gasteiger partial charge is 0.263 e. The van der Waals surface area contributed by atoms with Gasteiger partial charge in [-0.05, 0) is 52.2 Å². The normalized spacial score (nSPS) is 15.2. The van der Waals surface area contributed by atoms with Crippen LogP contribution in [0.4, 0.5) is 0 Å². The van der Waals surface area contributed by atoms with Crippen molar-refractivity contribution in [3.05, 3.63) is 63.0 Å². The SMILES string of the molecule is CCOc1cc(/C=C2\SC(=S)NC2=O)cc(Br)c1OCc1ccccc1. The maximum absolute atomic E-state index is 11.9. The van der Waals surface area contributed by atoms with Crippen molar-refractivity contribution in [3.63, 3.8) is 0 Å². The van der Waals surface area contributed by atoms with Crippen molar-refractivity contribution in [2.75, 3.05) is 6.61 Å². The van der Waals surface area contributed by atoms with Gasteiger partial charge in [0.2, 0.25) is 0 Å². The van der Waals surface area contributed by atoms with E-state index < -0.39 is 0 Å². The maximum atomic E-state index is 11.9. The number of hydrogen-bond donors (Lipinski definition) is 1. The van der Waals surface area contributed by atoms with Crippen molar-refractivity contribution >= 4 is 56.2 Å². The molecule has 0 radical (unpaired) electrons. The van der Waals surface area contributed by atoms with Crippen LogP contribution in [0.1, 0.15) is 18.1 Å². The molecule has 0 atom stereocenters. The van der Waals surface area contributed by atoms with E-state index in [1.165, 1.54) is 11.8 Å². The third kappa shape index (κ3) is 4.66. The molecule has 4 nitrogen and oxygen atoms in total. The lowest BCUT2D eigenvalue weighted by molar-refractivity contribution is -0.115. The van der Waals surface area contributed by atoms with Gasteiger partial charge in [-0.25, -0.2) is 0 Å². The number of ether oxygens (including phenoxy) is 2. The lowest BCUT2D eigenvalue weighted by Crippen LogP contribution is -2.17. The molecule has 1 aliphatic heterocycles. The van der Waals surface area contributed by atoms with E-state index in [0.717, 1.165) is 15.6 Å². The van der Waals surface area contributed by atoms with Crippen LogP contribution in [-0.2, 0) is 11.4 Å². The number of carbonyl (C=O) groups excluding carboxylic acids is 1. The standard InChI is InChI=1S/C19H16BrNO3S2/c1-2-23-15-9-13(10-16-18(22)21-19(25)26-16)8-14(20)17(15)24-11-12-6-4-3-5-7-12/h3-10H,2,11H2,1H3,(H,21,22,25)/b16-10-. The van der Waals surface area contributed by atoms with Gasteiger partial charge in [-0.2, -0.15) is 0 Å². The number of halogens is 1. The minimum atomic E-state index is -0.182. The number of rotatable bonds is 6. The fourth-order valence-corrected chi connectivity index (χ4v) is 3.99. The summed E-state index contributed by atoms with van der Waals surface area (Å²) in [7, 11) is 0. The first kappa shape index (κ1) is 18.9. The summed E-state index contributed by atoms with van der Waals surface area (Å²) in [6.45, 7) is 2.86. The summed E-state index contributed by atoms with van der Waals surface area (Å²) in [4.78, 5) is 12.4. The Labute approximate surface area is 170 Å². The van der Waals surface area contributed by atoms with Gasteiger partial charge < -0.3 is 14.8 Å². The molecular formula is C19H16BrNO3S2. The van der Waals surface area contributed by atoms with Crippen LogP contribution in [0, 0.1) is 0 Å². The quantitative estimate of drug-likeness (QED) is 0.501. The molecule has 1 aliphatic rings. The highest BCUT2D eigenvalue weighted by atomic mass is 79.9. The molecule has 0 aromatic heterocycles. The predicted octanol–water partition coefficient (Wildman–Crippen LogP) is 4.92. The van der Waals surface area contributed by atoms with Crippen LogP contribution in [0.15, 0.2) is 51.8 Å². The fourth-order valence-electron chi connectivity index (χ4n) is 2.38. The number of thiocarbonyl (C=S) groups is 1. The van der Waals surface area contributed by atoms with Crippen molar-refractivity contribution in [2.45, 2.75) is 13.5 Å². The number of carbonyl (C=O) groups is 1. The first-order valence-electron chi connectivity index (χ1n) is 7.94. The van der Waals surface area contributed by atoms with Crippen LogP contribution in [0.2, 0.25) is 0 Å². The second-order valence-corrected chi connectivity index (χ2v) is 7.96. The second-order valence-electron chi connectivity index (χ2n) is 5.39. The lowest BCUT2D eigenvalue weighted by Gasteiger charge is -2.15. The summed E-state index contributed by atoms with van der Waals surface area (Å²) in [6, 6.07) is 13.7. The predicted molar refractivity (Wildman–Crippen MR) is 112 cm³/mol. The number of nitrogens with one attached hydrogen (secondary N) is 1. The first-order valence-corrected chi connectivity index (χ1v) is 9.96. The topological polar surface area (TPSA) is 47.6 Å². The number of thioether (sulfide) groups is 1. The van der Waals surface area contributed by atoms with Crippen molar-refractivity contribution in [1.82, 2.24) is 5.32 Å². The van der Waals surface area contributed by atoms with Crippen molar-refractivity contribution in [2.24, 2.45) is 0 Å². The molecule has 1 N–H and O–H groups in total. The Morgan fingerprint density at radius 3 is 2.65 bits per heavy atom. The molecule has 1 heterocycles. The summed E-state index contributed by atoms with van der Waals surface area (Å²) >= 11 is 9.82. The molecule has 1 fully saturated rings. The Morgan fingerprint density at radius 2 is 2.00 bits per heavy atom. The van der Waals surface area contributed by atoms with Crippen LogP contribution < -0.4 is 14.8 Å². The monoisotopic (exact) mass is 449 g/mol. The number of hydrogen-bond acceptors (Lipinski definition) is 5. The summed E-state index contributed by atoms with van der Waals surface area (Å²) in [5.41, 5.74) is 1.90. The van der Waals surface area contributed by atoms with E-state index in [4.69, 9.17) is 21.7 Å². The lowest BCUT2D eigenvalue weighted by atomic mass is 10.1. The van der Waals surface area contributed by atoms with E-state index in [9.17, 15) is 4.79 Å². The highest BCUT2D eigenvalue weighted by Gasteiger charge is 2.22. The summed E-state index contributed by atoms with van der Waals surface area (Å²) < 4.78 is 12.9. The average Bonchev–Trinajstić information content (AvgIpc) is 2.92. The van der Waals surface area contributed by atoms with Gasteiger partial charge in [-0.1, -0.05) is 54.3 Å². The molecule has 0 unspecified atom stereocenters. The van der Waals surface area contributed by atoms with Gasteiger partial charge >= 0.3 is 0 Å². The molecule has 0 spiro atoms. The second kappa shape index (κ2) is 8.70. The minimum absolute atomic E-state index is 0.182. The van der Waals surface area contributed by atoms with Gasteiger partial charge in [0.15, 0.2) is 11.5 Å². The maximum Gasteiger partial charge on any atom is 0.263 e. The molecule has 2 aromatic rings. The third-order valence-corrected chi connectivity index (χ3v) is 5.25. The van der Waals surface area contributed by atoms with Crippen LogP contribution in [0.3, 0.4) is 0 Å². The van der Waals surface area contributed by atoms with Gasteiger partial charge in [0.05, 0.1) is 16.0 Å². The summed E-state index contributed by atoms with van der Waals surface area (Å²) in [6.07, 6.45) is 1.79. The van der Waals surface area contributed by atoms with Crippen molar-refractivity contribution < 1.29 is 14.3 Å². The zero-order valence-corrected chi connectivity index (χ0v) is 17.2. The highest BCUT2D eigenvalue weighted by Crippen LogP contribution is 2.39. The van der Waals surface area contributed by atoms with Crippen molar-refractivity contribution in [1.29, 1.82) is 0 Å². The van der Waals surface area contributed by atoms with E-state index in [1.807, 2.05) is 49.4 Å². The van der Waals surface area contributed by atoms with Gasteiger partial charge in [0, 0.05) is 0 Å². The molecule has 1 amide bonds. The Kier molecular flexibility index (Phi) is 6.34. The van der Waals surface area contributed by atoms with E-state index >= 15 is 0 Å². The zero-order valence-electron chi connectivity index (χ0n) is 14.0. The molecule has 134 valence electrons.